The van der Waals surface area contributed by atoms with Crippen molar-refractivity contribution in [1.29, 1.82) is 0 Å². The number of alkyl halides is 1. The predicted octanol–water partition coefficient (Wildman–Crippen LogP) is 3.52. The molecule has 2 atom stereocenters. The van der Waals surface area contributed by atoms with E-state index in [0.29, 0.717) is 0 Å². The number of hydrogen-bond donors (Lipinski definition) is 0. The Bertz CT molecular complexity index is 697. The molecule has 0 heterocycles. The lowest BCUT2D eigenvalue weighted by Crippen LogP contribution is -2.50. The van der Waals surface area contributed by atoms with Crippen LogP contribution in [-0.4, -0.2) is 42.3 Å². The molecular formula is C22H26FNO4. The van der Waals surface area contributed by atoms with Gasteiger partial charge in [0, 0.05) is 13.1 Å². The van der Waals surface area contributed by atoms with Crippen LogP contribution in [0.2, 0.25) is 0 Å². The van der Waals surface area contributed by atoms with Gasteiger partial charge in [0.25, 0.3) is 0 Å². The fourth-order valence-electron chi connectivity index (χ4n) is 2.92. The Morgan fingerprint density at radius 1 is 0.821 bits per heavy atom. The van der Waals surface area contributed by atoms with Crippen molar-refractivity contribution < 1.29 is 23.5 Å². The maximum atomic E-state index is 15.1. The quantitative estimate of drug-likeness (QED) is 0.584. The summed E-state index contributed by atoms with van der Waals surface area (Å²) in [6.45, 7) is 3.92. The van der Waals surface area contributed by atoms with Crippen molar-refractivity contribution in [3.8, 4) is 0 Å². The molecule has 150 valence electrons. The van der Waals surface area contributed by atoms with E-state index in [1.54, 1.807) is 18.7 Å². The molecule has 2 aromatic rings. The molecule has 0 amide bonds. The number of carbonyl (C=O) groups excluding carboxylic acids is 2. The molecule has 0 unspecified atom stereocenters. The van der Waals surface area contributed by atoms with Gasteiger partial charge in [0.15, 0.2) is 6.04 Å². The van der Waals surface area contributed by atoms with Crippen LogP contribution in [0.1, 0.15) is 25.0 Å². The zero-order valence-corrected chi connectivity index (χ0v) is 16.2. The minimum atomic E-state index is -2.15. The fourth-order valence-corrected chi connectivity index (χ4v) is 2.92. The van der Waals surface area contributed by atoms with Crippen molar-refractivity contribution in [2.75, 3.05) is 13.2 Å². The third-order valence-corrected chi connectivity index (χ3v) is 4.17. The fraction of sp³-hybridized carbons (Fsp3) is 0.364. The molecule has 0 N–H and O–H groups in total. The molecule has 6 heteroatoms. The van der Waals surface area contributed by atoms with E-state index in [1.165, 1.54) is 0 Å². The van der Waals surface area contributed by atoms with Crippen LogP contribution in [-0.2, 0) is 32.2 Å². The molecule has 0 saturated heterocycles. The third kappa shape index (κ3) is 6.16. The standard InChI is InChI=1S/C22H26FNO4/c1-3-27-21(25)19(23)20(22(26)28-4-2)24(15-17-11-7-5-8-12-17)16-18-13-9-6-10-14-18/h5-14,19-20H,3-4,15-16H2,1-2H3/t19-,20+/m0/s1. The summed E-state index contributed by atoms with van der Waals surface area (Å²) >= 11 is 0. The highest BCUT2D eigenvalue weighted by molar-refractivity contribution is 5.86. The van der Waals surface area contributed by atoms with Gasteiger partial charge in [-0.3, -0.25) is 9.69 Å². The average Bonchev–Trinajstić information content (AvgIpc) is 2.70. The van der Waals surface area contributed by atoms with Crippen LogP contribution in [0.4, 0.5) is 4.39 Å². The summed E-state index contributed by atoms with van der Waals surface area (Å²) in [5.74, 6) is -1.85. The lowest BCUT2D eigenvalue weighted by atomic mass is 10.1. The summed E-state index contributed by atoms with van der Waals surface area (Å²) in [6.07, 6.45) is -2.15. The second-order valence-electron chi connectivity index (χ2n) is 6.23. The molecule has 5 nitrogen and oxygen atoms in total. The third-order valence-electron chi connectivity index (χ3n) is 4.17. The van der Waals surface area contributed by atoms with Crippen molar-refractivity contribution >= 4 is 11.9 Å². The Hall–Kier alpha value is -2.73. The molecule has 0 aromatic heterocycles. The Morgan fingerprint density at radius 2 is 1.25 bits per heavy atom. The largest absolute Gasteiger partial charge is 0.465 e. The Labute approximate surface area is 165 Å². The maximum absolute atomic E-state index is 15.1. The van der Waals surface area contributed by atoms with Crippen LogP contribution < -0.4 is 0 Å². The van der Waals surface area contributed by atoms with E-state index in [-0.39, 0.29) is 26.3 Å². The van der Waals surface area contributed by atoms with Gasteiger partial charge in [-0.25, -0.2) is 9.18 Å². The normalized spacial score (nSPS) is 13.0. The summed E-state index contributed by atoms with van der Waals surface area (Å²) in [5, 5.41) is 0. The topological polar surface area (TPSA) is 55.8 Å². The van der Waals surface area contributed by atoms with Gasteiger partial charge in [-0.05, 0) is 25.0 Å². The van der Waals surface area contributed by atoms with E-state index in [4.69, 9.17) is 9.47 Å². The molecule has 2 rings (SSSR count). The van der Waals surface area contributed by atoms with Crippen LogP contribution in [0.25, 0.3) is 0 Å². The Kier molecular flexibility index (Phi) is 8.62. The number of halogens is 1. The highest BCUT2D eigenvalue weighted by Crippen LogP contribution is 2.19. The molecule has 0 radical (unpaired) electrons. The number of benzene rings is 2. The summed E-state index contributed by atoms with van der Waals surface area (Å²) in [6, 6.07) is 17.4. The number of ether oxygens (including phenoxy) is 2. The van der Waals surface area contributed by atoms with E-state index in [0.717, 1.165) is 11.1 Å². The number of esters is 2. The molecule has 2 aromatic carbocycles. The smallest absolute Gasteiger partial charge is 0.343 e. The number of nitrogens with zero attached hydrogens (tertiary/aromatic N) is 1. The number of rotatable bonds is 10. The van der Waals surface area contributed by atoms with Gasteiger partial charge >= 0.3 is 11.9 Å². The van der Waals surface area contributed by atoms with Gasteiger partial charge in [-0.2, -0.15) is 0 Å². The zero-order chi connectivity index (χ0) is 20.4. The Morgan fingerprint density at radius 3 is 1.68 bits per heavy atom. The molecule has 28 heavy (non-hydrogen) atoms. The molecule has 0 fully saturated rings. The van der Waals surface area contributed by atoms with Crippen LogP contribution in [0.15, 0.2) is 60.7 Å². The molecule has 0 aliphatic heterocycles. The zero-order valence-electron chi connectivity index (χ0n) is 16.2. The van der Waals surface area contributed by atoms with Crippen molar-refractivity contribution in [3.05, 3.63) is 71.8 Å². The molecule has 0 spiro atoms. The second-order valence-corrected chi connectivity index (χ2v) is 6.23. The molecule has 0 aliphatic rings. The van der Waals surface area contributed by atoms with Crippen LogP contribution in [0.5, 0.6) is 0 Å². The summed E-state index contributed by atoms with van der Waals surface area (Å²) in [4.78, 5) is 26.3. The van der Waals surface area contributed by atoms with Crippen LogP contribution in [0, 0.1) is 0 Å². The number of hydrogen-bond acceptors (Lipinski definition) is 5. The lowest BCUT2D eigenvalue weighted by Gasteiger charge is -2.31. The van der Waals surface area contributed by atoms with Crippen molar-refractivity contribution in [2.24, 2.45) is 0 Å². The summed E-state index contributed by atoms with van der Waals surface area (Å²) < 4.78 is 25.0. The van der Waals surface area contributed by atoms with E-state index >= 15 is 4.39 Å². The molecule has 0 aliphatic carbocycles. The summed E-state index contributed by atoms with van der Waals surface area (Å²) in [5.41, 5.74) is 1.78. The first kappa shape index (κ1) is 21.6. The van der Waals surface area contributed by atoms with Crippen LogP contribution in [0.3, 0.4) is 0 Å². The first-order chi connectivity index (χ1) is 13.6. The van der Waals surface area contributed by atoms with Gasteiger partial charge < -0.3 is 9.47 Å². The molecule has 0 saturated carbocycles. The molecular weight excluding hydrogens is 361 g/mol. The highest BCUT2D eigenvalue weighted by atomic mass is 19.1. The van der Waals surface area contributed by atoms with Gasteiger partial charge in [0.05, 0.1) is 13.2 Å². The Balaban J connectivity index is 2.37. The minimum Gasteiger partial charge on any atom is -0.465 e. The highest BCUT2D eigenvalue weighted by Gasteiger charge is 2.40. The van der Waals surface area contributed by atoms with E-state index in [9.17, 15) is 9.59 Å². The van der Waals surface area contributed by atoms with Gasteiger partial charge in [-0.15, -0.1) is 0 Å². The number of carbonyl (C=O) groups is 2. The van der Waals surface area contributed by atoms with Crippen molar-refractivity contribution in [2.45, 2.75) is 39.2 Å². The SMILES string of the molecule is CCOC(=O)[C@@H](F)[C@H](C(=O)OCC)N(Cc1ccccc1)Cc1ccccc1. The van der Waals surface area contributed by atoms with Gasteiger partial charge in [0.1, 0.15) is 0 Å². The van der Waals surface area contributed by atoms with E-state index < -0.39 is 24.2 Å². The molecule has 0 bridgehead atoms. The van der Waals surface area contributed by atoms with Crippen molar-refractivity contribution in [3.63, 3.8) is 0 Å². The first-order valence-electron chi connectivity index (χ1n) is 9.36. The first-order valence-corrected chi connectivity index (χ1v) is 9.36. The van der Waals surface area contributed by atoms with Gasteiger partial charge in [0.2, 0.25) is 6.17 Å². The average molecular weight is 387 g/mol. The lowest BCUT2D eigenvalue weighted by molar-refractivity contribution is -0.164. The van der Waals surface area contributed by atoms with Crippen LogP contribution >= 0.6 is 0 Å². The minimum absolute atomic E-state index is 0.0339. The van der Waals surface area contributed by atoms with E-state index in [1.807, 2.05) is 60.7 Å². The second kappa shape index (κ2) is 11.2. The van der Waals surface area contributed by atoms with Crippen molar-refractivity contribution in [1.82, 2.24) is 4.90 Å². The van der Waals surface area contributed by atoms with Gasteiger partial charge in [-0.1, -0.05) is 60.7 Å². The maximum Gasteiger partial charge on any atom is 0.343 e. The summed E-state index contributed by atoms with van der Waals surface area (Å²) in [7, 11) is 0. The predicted molar refractivity (Wildman–Crippen MR) is 104 cm³/mol. The van der Waals surface area contributed by atoms with E-state index in [2.05, 4.69) is 0 Å². The monoisotopic (exact) mass is 387 g/mol.